The Kier molecular flexibility index (Phi) is 5.45. The summed E-state index contributed by atoms with van der Waals surface area (Å²) in [6, 6.07) is 7.97. The molecular formula is C23H27FN4O2. The second-order valence-corrected chi connectivity index (χ2v) is 8.90. The predicted molar refractivity (Wildman–Crippen MR) is 111 cm³/mol. The fourth-order valence-corrected chi connectivity index (χ4v) is 3.76. The van der Waals surface area contributed by atoms with Gasteiger partial charge in [-0.05, 0) is 43.0 Å². The summed E-state index contributed by atoms with van der Waals surface area (Å²) in [5.41, 5.74) is 2.19. The van der Waals surface area contributed by atoms with Crippen LogP contribution in [0.3, 0.4) is 0 Å². The smallest absolute Gasteiger partial charge is 0.275 e. The van der Waals surface area contributed by atoms with Gasteiger partial charge in [0.1, 0.15) is 23.3 Å². The van der Waals surface area contributed by atoms with E-state index in [-0.39, 0.29) is 23.2 Å². The van der Waals surface area contributed by atoms with Crippen LogP contribution in [-0.2, 0) is 11.8 Å². The molecule has 0 unspecified atom stereocenters. The predicted octanol–water partition coefficient (Wildman–Crippen LogP) is 4.79. The molecule has 0 spiro atoms. The molecule has 6 nitrogen and oxygen atoms in total. The number of hydrogen-bond acceptors (Lipinski definition) is 4. The van der Waals surface area contributed by atoms with Crippen LogP contribution in [0.5, 0.6) is 0 Å². The summed E-state index contributed by atoms with van der Waals surface area (Å²) in [7, 11) is 0. The van der Waals surface area contributed by atoms with Crippen molar-refractivity contribution in [2.75, 3.05) is 6.54 Å². The SMILES string of the molecule is CC(C)(C)c1cc(C(=O)N2CCCC[C@H]2c2ncc(Cc3ccc(F)cc3)o2)n[nH]1. The monoisotopic (exact) mass is 410 g/mol. The number of amides is 1. The number of carbonyl (C=O) groups excluding carboxylic acids is 1. The number of carbonyl (C=O) groups is 1. The lowest BCUT2D eigenvalue weighted by Crippen LogP contribution is -2.38. The van der Waals surface area contributed by atoms with Crippen molar-refractivity contribution in [3.05, 3.63) is 70.9 Å². The van der Waals surface area contributed by atoms with E-state index in [4.69, 9.17) is 4.42 Å². The Morgan fingerprint density at radius 2 is 2.03 bits per heavy atom. The van der Waals surface area contributed by atoms with Gasteiger partial charge in [0.05, 0.1) is 6.20 Å². The van der Waals surface area contributed by atoms with Gasteiger partial charge in [-0.2, -0.15) is 5.10 Å². The summed E-state index contributed by atoms with van der Waals surface area (Å²) in [4.78, 5) is 19.5. The molecule has 1 atom stereocenters. The van der Waals surface area contributed by atoms with Crippen LogP contribution in [0, 0.1) is 5.82 Å². The normalized spacial score (nSPS) is 17.3. The van der Waals surface area contributed by atoms with Crippen molar-refractivity contribution < 1.29 is 13.6 Å². The molecule has 4 rings (SSSR count). The van der Waals surface area contributed by atoms with E-state index in [0.717, 1.165) is 30.5 Å². The lowest BCUT2D eigenvalue weighted by molar-refractivity contribution is 0.0564. The number of piperidine rings is 1. The van der Waals surface area contributed by atoms with Gasteiger partial charge in [-0.15, -0.1) is 0 Å². The van der Waals surface area contributed by atoms with Crippen molar-refractivity contribution in [3.8, 4) is 0 Å². The zero-order valence-corrected chi connectivity index (χ0v) is 17.6. The van der Waals surface area contributed by atoms with E-state index in [1.54, 1.807) is 18.3 Å². The second kappa shape index (κ2) is 8.05. The largest absolute Gasteiger partial charge is 0.443 e. The highest BCUT2D eigenvalue weighted by atomic mass is 19.1. The molecular weight excluding hydrogens is 383 g/mol. The molecule has 0 saturated carbocycles. The lowest BCUT2D eigenvalue weighted by Gasteiger charge is -2.33. The molecule has 1 aliphatic heterocycles. The van der Waals surface area contributed by atoms with Gasteiger partial charge in [0.25, 0.3) is 5.91 Å². The van der Waals surface area contributed by atoms with E-state index in [1.165, 1.54) is 12.1 Å². The first-order chi connectivity index (χ1) is 14.3. The highest BCUT2D eigenvalue weighted by Crippen LogP contribution is 2.32. The lowest BCUT2D eigenvalue weighted by atomic mass is 9.92. The molecule has 0 bridgehead atoms. The molecule has 1 aliphatic rings. The number of nitrogens with one attached hydrogen (secondary N) is 1. The molecule has 158 valence electrons. The Balaban J connectivity index is 1.52. The first-order valence-corrected chi connectivity index (χ1v) is 10.4. The first-order valence-electron chi connectivity index (χ1n) is 10.4. The van der Waals surface area contributed by atoms with Gasteiger partial charge in [0, 0.05) is 24.1 Å². The number of likely N-dealkylation sites (tertiary alicyclic amines) is 1. The third-order valence-electron chi connectivity index (χ3n) is 5.52. The van der Waals surface area contributed by atoms with Gasteiger partial charge < -0.3 is 9.32 Å². The minimum Gasteiger partial charge on any atom is -0.443 e. The zero-order valence-electron chi connectivity index (χ0n) is 17.6. The first kappa shape index (κ1) is 20.3. The number of rotatable bonds is 4. The minimum atomic E-state index is -0.263. The number of aromatic amines is 1. The number of benzene rings is 1. The van der Waals surface area contributed by atoms with Crippen LogP contribution in [0.2, 0.25) is 0 Å². The van der Waals surface area contributed by atoms with Gasteiger partial charge in [-0.25, -0.2) is 9.37 Å². The van der Waals surface area contributed by atoms with E-state index in [2.05, 4.69) is 36.0 Å². The average Bonchev–Trinajstić information content (AvgIpc) is 3.39. The maximum Gasteiger partial charge on any atom is 0.275 e. The Hall–Kier alpha value is -2.96. The Morgan fingerprint density at radius 3 is 2.73 bits per heavy atom. The average molecular weight is 410 g/mol. The van der Waals surface area contributed by atoms with E-state index in [9.17, 15) is 9.18 Å². The summed E-state index contributed by atoms with van der Waals surface area (Å²) in [6.07, 6.45) is 4.99. The Morgan fingerprint density at radius 1 is 1.27 bits per heavy atom. The molecule has 1 aromatic carbocycles. The molecule has 30 heavy (non-hydrogen) atoms. The Bertz CT molecular complexity index is 1020. The number of hydrogen-bond donors (Lipinski definition) is 1. The molecule has 0 radical (unpaired) electrons. The van der Waals surface area contributed by atoms with Crippen LogP contribution in [-0.4, -0.2) is 32.5 Å². The van der Waals surface area contributed by atoms with Crippen LogP contribution < -0.4 is 0 Å². The highest BCUT2D eigenvalue weighted by Gasteiger charge is 2.33. The number of halogens is 1. The number of H-pyrrole nitrogens is 1. The third kappa shape index (κ3) is 4.30. The minimum absolute atomic E-state index is 0.106. The van der Waals surface area contributed by atoms with Gasteiger partial charge >= 0.3 is 0 Å². The van der Waals surface area contributed by atoms with Gasteiger partial charge in [-0.1, -0.05) is 32.9 Å². The van der Waals surface area contributed by atoms with Crippen molar-refractivity contribution in [2.24, 2.45) is 0 Å². The highest BCUT2D eigenvalue weighted by molar-refractivity contribution is 5.92. The fraction of sp³-hybridized carbons (Fsp3) is 0.435. The van der Waals surface area contributed by atoms with Crippen molar-refractivity contribution in [1.82, 2.24) is 20.1 Å². The number of nitrogens with zero attached hydrogens (tertiary/aromatic N) is 3. The summed E-state index contributed by atoms with van der Waals surface area (Å²) < 4.78 is 19.1. The summed E-state index contributed by atoms with van der Waals surface area (Å²) in [5, 5.41) is 7.25. The maximum atomic E-state index is 13.2. The molecule has 3 heterocycles. The topological polar surface area (TPSA) is 75.0 Å². The molecule has 1 saturated heterocycles. The maximum absolute atomic E-state index is 13.2. The van der Waals surface area contributed by atoms with Crippen molar-refractivity contribution >= 4 is 5.91 Å². The molecule has 1 N–H and O–H groups in total. The number of aromatic nitrogens is 3. The molecule has 3 aromatic rings. The van der Waals surface area contributed by atoms with Crippen LogP contribution in [0.1, 0.15) is 79.5 Å². The van der Waals surface area contributed by atoms with E-state index < -0.39 is 0 Å². The van der Waals surface area contributed by atoms with E-state index in [0.29, 0.717) is 30.3 Å². The summed E-state index contributed by atoms with van der Waals surface area (Å²) >= 11 is 0. The van der Waals surface area contributed by atoms with Crippen molar-refractivity contribution in [1.29, 1.82) is 0 Å². The molecule has 2 aromatic heterocycles. The van der Waals surface area contributed by atoms with E-state index >= 15 is 0 Å². The van der Waals surface area contributed by atoms with Crippen LogP contribution in [0.25, 0.3) is 0 Å². The zero-order chi connectivity index (χ0) is 21.3. The van der Waals surface area contributed by atoms with Gasteiger partial charge in [0.2, 0.25) is 5.89 Å². The quantitative estimate of drug-likeness (QED) is 0.671. The number of oxazole rings is 1. The van der Waals surface area contributed by atoms with Crippen molar-refractivity contribution in [2.45, 2.75) is 57.9 Å². The third-order valence-corrected chi connectivity index (χ3v) is 5.52. The summed E-state index contributed by atoms with van der Waals surface area (Å²) in [5.74, 6) is 0.877. The molecule has 0 aliphatic carbocycles. The van der Waals surface area contributed by atoms with Crippen LogP contribution in [0.15, 0.2) is 40.9 Å². The van der Waals surface area contributed by atoms with Crippen LogP contribution in [0.4, 0.5) is 4.39 Å². The molecule has 1 fully saturated rings. The van der Waals surface area contributed by atoms with E-state index in [1.807, 2.05) is 11.0 Å². The van der Waals surface area contributed by atoms with Crippen LogP contribution >= 0.6 is 0 Å². The summed E-state index contributed by atoms with van der Waals surface area (Å²) in [6.45, 7) is 6.88. The Labute approximate surface area is 175 Å². The van der Waals surface area contributed by atoms with Gasteiger partial charge in [0.15, 0.2) is 0 Å². The standard InChI is InChI=1S/C23H27FN4O2/c1-23(2,3)20-13-18(26-27-20)22(29)28-11-5-4-6-19(28)21-25-14-17(30-21)12-15-7-9-16(24)10-8-15/h7-10,13-14,19H,4-6,11-12H2,1-3H3,(H,26,27)/t19-/m0/s1. The van der Waals surface area contributed by atoms with Gasteiger partial charge in [-0.3, -0.25) is 9.89 Å². The molecule has 7 heteroatoms. The molecule has 1 amide bonds. The van der Waals surface area contributed by atoms with Crippen molar-refractivity contribution in [3.63, 3.8) is 0 Å². The second-order valence-electron chi connectivity index (χ2n) is 8.90. The fourth-order valence-electron chi connectivity index (χ4n) is 3.76.